The minimum Gasteiger partial charge on any atom is -0.759 e. The van der Waals surface area contributed by atoms with E-state index in [0.29, 0.717) is 0 Å². The minimum atomic E-state index is -5.17. The Morgan fingerprint density at radius 1 is 0.800 bits per heavy atom. The Balaban J connectivity index is -0.00000000800. The van der Waals surface area contributed by atoms with E-state index in [2.05, 4.69) is 0 Å². The SMILES string of the molecule is O.O.O.O=S(=O)([O-])[O-].[Na+].[Na+]. The molecule has 0 aromatic carbocycles. The zero-order valence-electron chi connectivity index (χ0n) is 5.54. The van der Waals surface area contributed by atoms with Gasteiger partial charge in [0.25, 0.3) is 0 Å². The van der Waals surface area contributed by atoms with Crippen LogP contribution in [0, 0.1) is 0 Å². The summed E-state index contributed by atoms with van der Waals surface area (Å²) in [5.74, 6) is 0. The summed E-state index contributed by atoms with van der Waals surface area (Å²) in [6.07, 6.45) is 0. The van der Waals surface area contributed by atoms with Gasteiger partial charge in [-0.3, -0.25) is 8.42 Å². The Labute approximate surface area is 102 Å². The average molecular weight is 196 g/mol. The molecule has 0 fully saturated rings. The van der Waals surface area contributed by atoms with Crippen LogP contribution in [0.1, 0.15) is 0 Å². The van der Waals surface area contributed by atoms with Crippen molar-refractivity contribution in [2.24, 2.45) is 0 Å². The van der Waals surface area contributed by atoms with E-state index in [1.54, 1.807) is 0 Å². The Morgan fingerprint density at radius 2 is 0.800 bits per heavy atom. The third-order valence-corrected chi connectivity index (χ3v) is 0. The summed E-state index contributed by atoms with van der Waals surface area (Å²) in [4.78, 5) is 0. The first-order valence-corrected chi connectivity index (χ1v) is 2.00. The van der Waals surface area contributed by atoms with Gasteiger partial charge in [-0.05, 0) is 0 Å². The van der Waals surface area contributed by atoms with E-state index in [0.717, 1.165) is 0 Å². The molecule has 0 unspecified atom stereocenters. The molecular formula is H6Na2O7S. The van der Waals surface area contributed by atoms with Gasteiger partial charge >= 0.3 is 59.1 Å². The fourth-order valence-electron chi connectivity index (χ4n) is 0. The van der Waals surface area contributed by atoms with Gasteiger partial charge in [-0.15, -0.1) is 0 Å². The Morgan fingerprint density at radius 3 is 0.800 bits per heavy atom. The van der Waals surface area contributed by atoms with Crippen molar-refractivity contribution >= 4 is 10.4 Å². The molecule has 0 rings (SSSR count). The molecule has 0 spiro atoms. The zero-order chi connectivity index (χ0) is 4.50. The summed E-state index contributed by atoms with van der Waals surface area (Å²) in [6.45, 7) is 0. The molecule has 0 saturated carbocycles. The molecule has 10 heavy (non-hydrogen) atoms. The Bertz CT molecular complexity index is 94.8. The van der Waals surface area contributed by atoms with Crippen LogP contribution >= 0.6 is 0 Å². The van der Waals surface area contributed by atoms with Crippen molar-refractivity contribution in [3.8, 4) is 0 Å². The van der Waals surface area contributed by atoms with Gasteiger partial charge in [0.15, 0.2) is 0 Å². The molecular weight excluding hydrogens is 190 g/mol. The standard InChI is InChI=1S/2Na.H2O4S.3H2O/c;;1-5(2,3)4;;;/h;;(H2,1,2,3,4);3*1H2/q2*+1;;;;/p-2. The molecule has 0 aromatic rings. The van der Waals surface area contributed by atoms with Crippen LogP contribution in [-0.2, 0) is 10.4 Å². The Hall–Kier alpha value is 1.75. The third-order valence-electron chi connectivity index (χ3n) is 0. The maximum Gasteiger partial charge on any atom is 1.00 e. The van der Waals surface area contributed by atoms with E-state index in [9.17, 15) is 0 Å². The number of hydrogen-bond donors (Lipinski definition) is 0. The predicted octanol–water partition coefficient (Wildman–Crippen LogP) is -9.80. The normalized spacial score (nSPS) is 5.80. The smallest absolute Gasteiger partial charge is 0.759 e. The number of rotatable bonds is 0. The molecule has 0 bridgehead atoms. The molecule has 10 heteroatoms. The van der Waals surface area contributed by atoms with Crippen LogP contribution < -0.4 is 59.1 Å². The monoisotopic (exact) mass is 196 g/mol. The molecule has 0 heterocycles. The van der Waals surface area contributed by atoms with Crippen molar-refractivity contribution in [1.29, 1.82) is 0 Å². The summed E-state index contributed by atoms with van der Waals surface area (Å²) < 4.78 is 34.1. The van der Waals surface area contributed by atoms with Gasteiger partial charge in [-0.25, -0.2) is 0 Å². The molecule has 56 valence electrons. The molecule has 0 atom stereocenters. The zero-order valence-corrected chi connectivity index (χ0v) is 10.4. The van der Waals surface area contributed by atoms with E-state index in [1.807, 2.05) is 0 Å². The molecule has 0 radical (unpaired) electrons. The summed E-state index contributed by atoms with van der Waals surface area (Å²) in [6, 6.07) is 0. The average Bonchev–Trinajstić information content (AvgIpc) is 0.722. The molecule has 0 aromatic heterocycles. The van der Waals surface area contributed by atoms with Crippen LogP contribution in [0.5, 0.6) is 0 Å². The van der Waals surface area contributed by atoms with Crippen molar-refractivity contribution in [2.45, 2.75) is 0 Å². The second-order valence-corrected chi connectivity index (χ2v) is 1.22. The van der Waals surface area contributed by atoms with Crippen molar-refractivity contribution in [2.75, 3.05) is 0 Å². The Kier molecular flexibility index (Phi) is 69.9. The second-order valence-electron chi connectivity index (χ2n) is 0.408. The molecule has 0 aliphatic carbocycles. The quantitative estimate of drug-likeness (QED) is 0.212. The molecule has 7 nitrogen and oxygen atoms in total. The van der Waals surface area contributed by atoms with E-state index < -0.39 is 10.4 Å². The van der Waals surface area contributed by atoms with E-state index in [4.69, 9.17) is 17.5 Å². The van der Waals surface area contributed by atoms with Crippen molar-refractivity contribution in [3.63, 3.8) is 0 Å². The van der Waals surface area contributed by atoms with Crippen LogP contribution in [0.2, 0.25) is 0 Å². The summed E-state index contributed by atoms with van der Waals surface area (Å²) in [5.41, 5.74) is 0. The molecule has 6 N–H and O–H groups in total. The fraction of sp³-hybridized carbons (Fsp3) is 0. The maximum atomic E-state index is 8.52. The first kappa shape index (κ1) is 41.1. The van der Waals surface area contributed by atoms with Crippen LogP contribution in [0.25, 0.3) is 0 Å². The molecule has 0 aliphatic rings. The first-order valence-electron chi connectivity index (χ1n) is 0.667. The first-order chi connectivity index (χ1) is 2.00. The van der Waals surface area contributed by atoms with Crippen LogP contribution in [0.4, 0.5) is 0 Å². The van der Waals surface area contributed by atoms with Gasteiger partial charge in [-0.2, -0.15) is 0 Å². The summed E-state index contributed by atoms with van der Waals surface area (Å²) in [7, 11) is -5.17. The second kappa shape index (κ2) is 17.0. The largest absolute Gasteiger partial charge is 1.00 e. The van der Waals surface area contributed by atoms with Gasteiger partial charge in [0, 0.05) is 10.4 Å². The topological polar surface area (TPSA) is 175 Å². The fourth-order valence-corrected chi connectivity index (χ4v) is 0. The van der Waals surface area contributed by atoms with Crippen molar-refractivity contribution in [1.82, 2.24) is 0 Å². The van der Waals surface area contributed by atoms with Gasteiger partial charge in [0.2, 0.25) is 0 Å². The van der Waals surface area contributed by atoms with E-state index >= 15 is 0 Å². The summed E-state index contributed by atoms with van der Waals surface area (Å²) >= 11 is 0. The molecule has 0 aliphatic heterocycles. The van der Waals surface area contributed by atoms with Crippen LogP contribution in [0.15, 0.2) is 0 Å². The predicted molar refractivity (Wildman–Crippen MR) is 21.3 cm³/mol. The van der Waals surface area contributed by atoms with Crippen molar-refractivity contribution in [3.05, 3.63) is 0 Å². The van der Waals surface area contributed by atoms with Gasteiger partial charge in [0.1, 0.15) is 0 Å². The minimum absolute atomic E-state index is 0. The molecule has 0 amide bonds. The van der Waals surface area contributed by atoms with Gasteiger partial charge < -0.3 is 25.5 Å². The van der Waals surface area contributed by atoms with Gasteiger partial charge in [-0.1, -0.05) is 0 Å². The number of hydrogen-bond acceptors (Lipinski definition) is 4. The maximum absolute atomic E-state index is 8.52. The van der Waals surface area contributed by atoms with Crippen molar-refractivity contribution < 1.29 is 93.1 Å². The van der Waals surface area contributed by atoms with Crippen LogP contribution in [-0.4, -0.2) is 34.0 Å². The third kappa shape index (κ3) is 244. The van der Waals surface area contributed by atoms with E-state index in [-0.39, 0.29) is 75.5 Å². The van der Waals surface area contributed by atoms with Gasteiger partial charge in [0.05, 0.1) is 0 Å². The van der Waals surface area contributed by atoms with Crippen LogP contribution in [0.3, 0.4) is 0 Å². The molecule has 0 saturated heterocycles. The van der Waals surface area contributed by atoms with E-state index in [1.165, 1.54) is 0 Å². The summed E-state index contributed by atoms with van der Waals surface area (Å²) in [5, 5.41) is 0.